The van der Waals surface area contributed by atoms with E-state index < -0.39 is 0 Å². The molecule has 0 saturated heterocycles. The number of unbranched alkanes of at least 4 members (excludes halogenated alkanes) is 4. The van der Waals surface area contributed by atoms with Crippen molar-refractivity contribution in [2.75, 3.05) is 64.4 Å². The fraction of sp³-hybridized carbons (Fsp3) is 0.323. The molecule has 0 aliphatic heterocycles. The van der Waals surface area contributed by atoms with Crippen molar-refractivity contribution in [2.45, 2.75) is 79.1 Å². The first-order valence-electron chi connectivity index (χ1n) is 25.2. The van der Waals surface area contributed by atoms with Gasteiger partial charge in [0.05, 0.1) is 51.2 Å². The minimum absolute atomic E-state index is 0.818. The second-order valence-corrected chi connectivity index (χ2v) is 17.5. The molecule has 0 saturated carbocycles. The molecule has 0 radical (unpaired) electrons. The third-order valence-corrected chi connectivity index (χ3v) is 12.4. The van der Waals surface area contributed by atoms with Crippen LogP contribution in [0, 0.1) is 0 Å². The Morgan fingerprint density at radius 2 is 0.657 bits per heavy atom. The van der Waals surface area contributed by atoms with Crippen LogP contribution in [0.3, 0.4) is 0 Å². The van der Waals surface area contributed by atoms with Crippen LogP contribution in [0.2, 0.25) is 0 Å². The molecule has 0 bridgehead atoms. The van der Waals surface area contributed by atoms with Crippen molar-refractivity contribution < 1.29 is 18.9 Å². The van der Waals surface area contributed by atoms with Crippen LogP contribution in [0.25, 0.3) is 60.0 Å². The van der Waals surface area contributed by atoms with Gasteiger partial charge in [-0.3, -0.25) is 9.97 Å². The Bertz CT molecular complexity index is 2470. The Balaban J connectivity index is 1.08. The molecule has 0 unspecified atom stereocenters. The van der Waals surface area contributed by atoms with Gasteiger partial charge in [0.2, 0.25) is 0 Å². The van der Waals surface area contributed by atoms with Gasteiger partial charge in [0.25, 0.3) is 0 Å². The number of ether oxygens (including phenoxy) is 4. The number of anilines is 2. The van der Waals surface area contributed by atoms with Crippen LogP contribution in [0.1, 0.15) is 124 Å². The summed E-state index contributed by atoms with van der Waals surface area (Å²) in [6.07, 6.45) is 29.7. The van der Waals surface area contributed by atoms with E-state index in [9.17, 15) is 0 Å². The van der Waals surface area contributed by atoms with E-state index >= 15 is 0 Å². The predicted octanol–water partition coefficient (Wildman–Crippen LogP) is 15.7. The molecular formula is C62H74N4O4. The minimum atomic E-state index is 0.818. The molecule has 0 atom stereocenters. The van der Waals surface area contributed by atoms with Gasteiger partial charge in [-0.25, -0.2) is 0 Å². The molecule has 0 aliphatic carbocycles. The van der Waals surface area contributed by atoms with Crippen molar-refractivity contribution in [1.29, 1.82) is 0 Å². The first-order chi connectivity index (χ1) is 34.3. The number of benzene rings is 4. The van der Waals surface area contributed by atoms with Gasteiger partial charge >= 0.3 is 0 Å². The summed E-state index contributed by atoms with van der Waals surface area (Å²) in [5, 5.41) is 0. The van der Waals surface area contributed by atoms with Crippen molar-refractivity contribution in [2.24, 2.45) is 0 Å². The maximum Gasteiger partial charge on any atom is 0.143 e. The standard InChI is InChI=1S/C62H74N4O4/c1-9-13-37-65(38-14-10-2)57-45-59(67-5)53(43-61(57)69-7)31-29-49-21-17-47(18-22-49)25-27-51-33-35-63-55(41-51)56-42-52(34-36-64-56)28-26-48-19-23-50(24-20-48)30-32-54-44-62(70-8)58(46-60(54)68-6)66(39-15-11-3)40-16-12-4/h17-36,41-46H,9-16,37-40H2,1-8H3/b27-25+,28-26+,31-29+,32-30+. The zero-order chi connectivity index (χ0) is 49.5. The van der Waals surface area contributed by atoms with Crippen LogP contribution >= 0.6 is 0 Å². The topological polar surface area (TPSA) is 69.2 Å². The second-order valence-electron chi connectivity index (χ2n) is 17.5. The first kappa shape index (κ1) is 52.3. The lowest BCUT2D eigenvalue weighted by atomic mass is 10.1. The van der Waals surface area contributed by atoms with E-state index in [4.69, 9.17) is 18.9 Å². The van der Waals surface area contributed by atoms with Gasteiger partial charge in [-0.15, -0.1) is 0 Å². The van der Waals surface area contributed by atoms with Crippen molar-refractivity contribution in [3.63, 3.8) is 0 Å². The Labute approximate surface area is 419 Å². The summed E-state index contributed by atoms with van der Waals surface area (Å²) in [4.78, 5) is 14.2. The number of methoxy groups -OCH3 is 4. The molecule has 2 heterocycles. The molecule has 6 aromatic rings. The zero-order valence-electron chi connectivity index (χ0n) is 42.9. The zero-order valence-corrected chi connectivity index (χ0v) is 42.9. The normalized spacial score (nSPS) is 11.6. The van der Waals surface area contributed by atoms with Gasteiger partial charge in [0.1, 0.15) is 23.0 Å². The average Bonchev–Trinajstić information content (AvgIpc) is 3.41. The molecule has 0 aliphatic rings. The van der Waals surface area contributed by atoms with E-state index in [1.807, 2.05) is 24.5 Å². The minimum Gasteiger partial charge on any atom is -0.496 e. The summed E-state index contributed by atoms with van der Waals surface area (Å²) in [6, 6.07) is 33.6. The van der Waals surface area contributed by atoms with Gasteiger partial charge in [-0.1, -0.05) is 151 Å². The van der Waals surface area contributed by atoms with E-state index in [1.165, 1.54) is 0 Å². The van der Waals surface area contributed by atoms with Crippen molar-refractivity contribution in [1.82, 2.24) is 9.97 Å². The Hall–Kier alpha value is -7.06. The Morgan fingerprint density at radius 1 is 0.357 bits per heavy atom. The highest BCUT2D eigenvalue weighted by molar-refractivity contribution is 5.80. The Kier molecular flexibility index (Phi) is 20.8. The highest BCUT2D eigenvalue weighted by atomic mass is 16.5. The van der Waals surface area contributed by atoms with Crippen molar-refractivity contribution in [3.05, 3.63) is 154 Å². The van der Waals surface area contributed by atoms with Crippen LogP contribution < -0.4 is 28.7 Å². The van der Waals surface area contributed by atoms with Gasteiger partial charge < -0.3 is 28.7 Å². The third kappa shape index (κ3) is 15.0. The molecule has 0 fully saturated rings. The quantitative estimate of drug-likeness (QED) is 0.0473. The molecular weight excluding hydrogens is 865 g/mol. The molecule has 8 heteroatoms. The maximum atomic E-state index is 5.91. The molecule has 0 N–H and O–H groups in total. The number of hydrogen-bond donors (Lipinski definition) is 0. The largest absolute Gasteiger partial charge is 0.496 e. The summed E-state index contributed by atoms with van der Waals surface area (Å²) < 4.78 is 23.6. The van der Waals surface area contributed by atoms with Crippen LogP contribution in [0.5, 0.6) is 23.0 Å². The van der Waals surface area contributed by atoms with E-state index in [1.54, 1.807) is 28.4 Å². The summed E-state index contributed by atoms with van der Waals surface area (Å²) >= 11 is 0. The number of pyridine rings is 2. The summed E-state index contributed by atoms with van der Waals surface area (Å²) in [6.45, 7) is 12.9. The molecule has 0 spiro atoms. The van der Waals surface area contributed by atoms with Gasteiger partial charge in [0.15, 0.2) is 0 Å². The number of hydrogen-bond acceptors (Lipinski definition) is 8. The average molecular weight is 939 g/mol. The predicted molar refractivity (Wildman–Crippen MR) is 299 cm³/mol. The smallest absolute Gasteiger partial charge is 0.143 e. The maximum absolute atomic E-state index is 5.91. The number of nitrogens with zero attached hydrogens (tertiary/aromatic N) is 4. The molecule has 8 nitrogen and oxygen atoms in total. The first-order valence-corrected chi connectivity index (χ1v) is 25.2. The van der Waals surface area contributed by atoms with Crippen molar-refractivity contribution in [3.8, 4) is 34.4 Å². The molecule has 366 valence electrons. The third-order valence-electron chi connectivity index (χ3n) is 12.4. The fourth-order valence-corrected chi connectivity index (χ4v) is 8.24. The van der Waals surface area contributed by atoms with Crippen molar-refractivity contribution >= 4 is 60.0 Å². The van der Waals surface area contributed by atoms with E-state index in [0.29, 0.717) is 0 Å². The number of aromatic nitrogens is 2. The number of rotatable bonds is 27. The second kappa shape index (κ2) is 27.8. The Morgan fingerprint density at radius 3 is 0.957 bits per heavy atom. The molecule has 2 aromatic heterocycles. The SMILES string of the molecule is CCCCN(CCCC)c1cc(OC)c(/C=C/c2ccc(/C=C/c3ccnc(-c4cc(/C=C/c5ccc(/C=C/c6cc(OC)c(N(CCCC)CCCC)cc6OC)cc5)ccn4)c3)cc2)cc1OC. The highest BCUT2D eigenvalue weighted by Crippen LogP contribution is 2.38. The summed E-state index contributed by atoms with van der Waals surface area (Å²) in [7, 11) is 6.96. The lowest BCUT2D eigenvalue weighted by Crippen LogP contribution is -2.26. The van der Waals surface area contributed by atoms with E-state index in [0.717, 1.165) is 168 Å². The van der Waals surface area contributed by atoms with E-state index in [-0.39, 0.29) is 0 Å². The summed E-state index contributed by atoms with van der Waals surface area (Å²) in [5.41, 5.74) is 12.3. The monoisotopic (exact) mass is 939 g/mol. The molecule has 6 rings (SSSR count). The van der Waals surface area contributed by atoms with Crippen LogP contribution in [-0.4, -0.2) is 64.6 Å². The van der Waals surface area contributed by atoms with E-state index in [2.05, 4.69) is 181 Å². The van der Waals surface area contributed by atoms with Crippen LogP contribution in [0.15, 0.2) is 109 Å². The van der Waals surface area contributed by atoms with Gasteiger partial charge in [-0.05, 0) is 95.5 Å². The van der Waals surface area contributed by atoms with Crippen LogP contribution in [-0.2, 0) is 0 Å². The molecule has 4 aromatic carbocycles. The lowest BCUT2D eigenvalue weighted by Gasteiger charge is -2.27. The lowest BCUT2D eigenvalue weighted by molar-refractivity contribution is 0.401. The molecule has 0 amide bonds. The van der Waals surface area contributed by atoms with Gasteiger partial charge in [0, 0.05) is 61.8 Å². The van der Waals surface area contributed by atoms with Crippen LogP contribution in [0.4, 0.5) is 11.4 Å². The molecule has 70 heavy (non-hydrogen) atoms. The van der Waals surface area contributed by atoms with Gasteiger partial charge in [-0.2, -0.15) is 0 Å². The fourth-order valence-electron chi connectivity index (χ4n) is 8.24. The highest BCUT2D eigenvalue weighted by Gasteiger charge is 2.17. The summed E-state index contributed by atoms with van der Waals surface area (Å²) in [5.74, 6) is 3.39.